The molecule has 0 saturated carbocycles. The van der Waals surface area contributed by atoms with Crippen molar-refractivity contribution in [3.63, 3.8) is 0 Å². The van der Waals surface area contributed by atoms with Crippen LogP contribution in [0.4, 0.5) is 5.82 Å². The Hall–Kier alpha value is -2.89. The normalized spacial score (nSPS) is 10.3. The lowest BCUT2D eigenvalue weighted by Gasteiger charge is -2.06. The van der Waals surface area contributed by atoms with Crippen LogP contribution < -0.4 is 10.5 Å². The van der Waals surface area contributed by atoms with Crippen LogP contribution >= 0.6 is 0 Å². The molecule has 0 spiro atoms. The van der Waals surface area contributed by atoms with E-state index in [0.29, 0.717) is 11.6 Å². The van der Waals surface area contributed by atoms with Crippen molar-refractivity contribution in [3.8, 4) is 17.2 Å². The summed E-state index contributed by atoms with van der Waals surface area (Å²) in [7, 11) is 0. The molecule has 0 aliphatic heterocycles. The number of nitrogens with zero attached hydrogens (tertiary/aromatic N) is 4. The molecule has 0 radical (unpaired) electrons. The van der Waals surface area contributed by atoms with Crippen LogP contribution in [0, 0.1) is 0 Å². The van der Waals surface area contributed by atoms with E-state index in [0.717, 1.165) is 11.4 Å². The number of aromatic nitrogens is 4. The number of ether oxygens (including phenoxy) is 1. The Bertz CT molecular complexity index is 647. The predicted molar refractivity (Wildman–Crippen MR) is 70.1 cm³/mol. The highest BCUT2D eigenvalue weighted by atomic mass is 16.5. The maximum atomic E-state index is 5.64. The number of rotatable bonds is 3. The lowest BCUT2D eigenvalue weighted by molar-refractivity contribution is 0.480. The standard InChI is InChI=1S/C13H11N5O/c14-13-6-5-12(7-16-13)19-11-3-1-10(2-4-11)18-9-15-8-17-18/h1-9H,(H2,14,16). The van der Waals surface area contributed by atoms with Crippen LogP contribution in [-0.4, -0.2) is 19.7 Å². The van der Waals surface area contributed by atoms with Gasteiger partial charge in [0.05, 0.1) is 11.9 Å². The van der Waals surface area contributed by atoms with Gasteiger partial charge in [-0.3, -0.25) is 0 Å². The first kappa shape index (κ1) is 11.2. The predicted octanol–water partition coefficient (Wildman–Crippen LogP) is 2.04. The van der Waals surface area contributed by atoms with Gasteiger partial charge in [0.1, 0.15) is 30.0 Å². The van der Waals surface area contributed by atoms with Crippen LogP contribution in [0.1, 0.15) is 0 Å². The van der Waals surface area contributed by atoms with E-state index in [2.05, 4.69) is 15.1 Å². The highest BCUT2D eigenvalue weighted by molar-refractivity contribution is 5.39. The summed E-state index contributed by atoms with van der Waals surface area (Å²) in [6.45, 7) is 0. The fourth-order valence-corrected chi connectivity index (χ4v) is 1.60. The van der Waals surface area contributed by atoms with Crippen molar-refractivity contribution in [1.82, 2.24) is 19.7 Å². The van der Waals surface area contributed by atoms with Gasteiger partial charge in [0.25, 0.3) is 0 Å². The third-order valence-electron chi connectivity index (χ3n) is 2.51. The second-order valence-corrected chi connectivity index (χ2v) is 3.85. The summed E-state index contributed by atoms with van der Waals surface area (Å²) in [4.78, 5) is 7.86. The quantitative estimate of drug-likeness (QED) is 0.772. The van der Waals surface area contributed by atoms with Crippen molar-refractivity contribution in [3.05, 3.63) is 55.2 Å². The van der Waals surface area contributed by atoms with Crippen LogP contribution in [-0.2, 0) is 0 Å². The number of anilines is 1. The van der Waals surface area contributed by atoms with Gasteiger partial charge in [-0.05, 0) is 36.4 Å². The smallest absolute Gasteiger partial charge is 0.145 e. The van der Waals surface area contributed by atoms with Crippen LogP contribution in [0.15, 0.2) is 55.2 Å². The monoisotopic (exact) mass is 253 g/mol. The zero-order valence-corrected chi connectivity index (χ0v) is 9.97. The lowest BCUT2D eigenvalue weighted by Crippen LogP contribution is -1.94. The second-order valence-electron chi connectivity index (χ2n) is 3.85. The van der Waals surface area contributed by atoms with Crippen molar-refractivity contribution in [2.24, 2.45) is 0 Å². The topological polar surface area (TPSA) is 78.9 Å². The van der Waals surface area contributed by atoms with Gasteiger partial charge in [0.2, 0.25) is 0 Å². The molecule has 0 atom stereocenters. The maximum Gasteiger partial charge on any atom is 0.145 e. The van der Waals surface area contributed by atoms with Crippen molar-refractivity contribution >= 4 is 5.82 Å². The largest absolute Gasteiger partial charge is 0.456 e. The molecule has 19 heavy (non-hydrogen) atoms. The lowest BCUT2D eigenvalue weighted by atomic mass is 10.3. The van der Waals surface area contributed by atoms with Gasteiger partial charge in [-0.15, -0.1) is 0 Å². The van der Waals surface area contributed by atoms with Crippen LogP contribution in [0.5, 0.6) is 11.5 Å². The average Bonchev–Trinajstić information content (AvgIpc) is 2.96. The minimum atomic E-state index is 0.467. The molecule has 2 heterocycles. The molecule has 2 aromatic heterocycles. The molecule has 1 aromatic carbocycles. The first-order valence-corrected chi connectivity index (χ1v) is 5.66. The van der Waals surface area contributed by atoms with E-state index in [-0.39, 0.29) is 0 Å². The van der Waals surface area contributed by atoms with Crippen LogP contribution in [0.25, 0.3) is 5.69 Å². The zero-order chi connectivity index (χ0) is 13.1. The molecule has 0 bridgehead atoms. The highest BCUT2D eigenvalue weighted by Crippen LogP contribution is 2.22. The van der Waals surface area contributed by atoms with Gasteiger partial charge in [0.15, 0.2) is 0 Å². The molecule has 0 aliphatic rings. The molecule has 0 fully saturated rings. The Morgan fingerprint density at radius 2 is 1.79 bits per heavy atom. The molecular formula is C13H11N5O. The minimum Gasteiger partial charge on any atom is -0.456 e. The molecule has 2 N–H and O–H groups in total. The Kier molecular flexibility index (Phi) is 2.82. The maximum absolute atomic E-state index is 5.64. The van der Waals surface area contributed by atoms with Gasteiger partial charge in [-0.25, -0.2) is 14.6 Å². The van der Waals surface area contributed by atoms with E-state index >= 15 is 0 Å². The van der Waals surface area contributed by atoms with Gasteiger partial charge in [-0.2, -0.15) is 5.10 Å². The third-order valence-corrected chi connectivity index (χ3v) is 2.51. The van der Waals surface area contributed by atoms with Gasteiger partial charge in [0, 0.05) is 0 Å². The number of nitrogens with two attached hydrogens (primary N) is 1. The molecule has 94 valence electrons. The SMILES string of the molecule is Nc1ccc(Oc2ccc(-n3cncn3)cc2)cn1. The number of hydrogen-bond acceptors (Lipinski definition) is 5. The first-order chi connectivity index (χ1) is 9.31. The van der Waals surface area contributed by atoms with Crippen LogP contribution in [0.3, 0.4) is 0 Å². The summed E-state index contributed by atoms with van der Waals surface area (Å²) >= 11 is 0. The summed E-state index contributed by atoms with van der Waals surface area (Å²) in [6.07, 6.45) is 4.71. The summed E-state index contributed by atoms with van der Waals surface area (Å²) < 4.78 is 7.32. The van der Waals surface area contributed by atoms with Crippen molar-refractivity contribution in [2.45, 2.75) is 0 Å². The number of hydrogen-bond donors (Lipinski definition) is 1. The van der Waals surface area contributed by atoms with Gasteiger partial charge in [-0.1, -0.05) is 0 Å². The summed E-state index contributed by atoms with van der Waals surface area (Å²) in [5.41, 5.74) is 6.43. The number of nitrogen functional groups attached to an aromatic ring is 1. The van der Waals surface area contributed by atoms with E-state index < -0.39 is 0 Å². The summed E-state index contributed by atoms with van der Waals surface area (Å²) in [6, 6.07) is 11.0. The third kappa shape index (κ3) is 2.52. The van der Waals surface area contributed by atoms with Crippen molar-refractivity contribution in [1.29, 1.82) is 0 Å². The molecule has 6 heteroatoms. The second kappa shape index (κ2) is 4.77. The fraction of sp³-hybridized carbons (Fsp3) is 0. The zero-order valence-electron chi connectivity index (χ0n) is 9.97. The number of pyridine rings is 1. The number of benzene rings is 1. The summed E-state index contributed by atoms with van der Waals surface area (Å²) in [5, 5.41) is 4.05. The van der Waals surface area contributed by atoms with Crippen LogP contribution in [0.2, 0.25) is 0 Å². The average molecular weight is 253 g/mol. The Labute approximate surface area is 109 Å². The minimum absolute atomic E-state index is 0.467. The van der Waals surface area contributed by atoms with E-state index in [1.807, 2.05) is 24.3 Å². The first-order valence-electron chi connectivity index (χ1n) is 5.66. The molecular weight excluding hydrogens is 242 g/mol. The highest BCUT2D eigenvalue weighted by Gasteiger charge is 2.00. The molecule has 0 amide bonds. The van der Waals surface area contributed by atoms with E-state index in [4.69, 9.17) is 10.5 Å². The molecule has 0 unspecified atom stereocenters. The van der Waals surface area contributed by atoms with Gasteiger partial charge < -0.3 is 10.5 Å². The molecule has 6 nitrogen and oxygen atoms in total. The fourth-order valence-electron chi connectivity index (χ4n) is 1.60. The Morgan fingerprint density at radius 3 is 2.42 bits per heavy atom. The molecule has 3 rings (SSSR count). The summed E-state index contributed by atoms with van der Waals surface area (Å²) in [5.74, 6) is 1.83. The van der Waals surface area contributed by atoms with E-state index in [1.54, 1.807) is 29.3 Å². The Balaban J connectivity index is 1.77. The van der Waals surface area contributed by atoms with Crippen molar-refractivity contribution < 1.29 is 4.74 Å². The van der Waals surface area contributed by atoms with Gasteiger partial charge >= 0.3 is 0 Å². The van der Waals surface area contributed by atoms with E-state index in [9.17, 15) is 0 Å². The molecule has 3 aromatic rings. The molecule has 0 aliphatic carbocycles. The Morgan fingerprint density at radius 1 is 1.00 bits per heavy atom. The van der Waals surface area contributed by atoms with Crippen molar-refractivity contribution in [2.75, 3.05) is 5.73 Å². The van der Waals surface area contributed by atoms with E-state index in [1.165, 1.54) is 6.33 Å². The molecule has 0 saturated heterocycles.